The summed E-state index contributed by atoms with van der Waals surface area (Å²) < 4.78 is 68.0. The van der Waals surface area contributed by atoms with Gasteiger partial charge in [-0.2, -0.15) is 0 Å². The number of hydrogen-bond acceptors (Lipinski definition) is 6. The molecule has 46 heavy (non-hydrogen) atoms. The molecule has 0 radical (unpaired) electrons. The molecule has 242 valence electrons. The van der Waals surface area contributed by atoms with Crippen LogP contribution >= 0.6 is 20.2 Å². The predicted octanol–water partition coefficient (Wildman–Crippen LogP) is 9.38. The van der Waals surface area contributed by atoms with E-state index in [0.29, 0.717) is 10.8 Å². The Morgan fingerprint density at radius 3 is 1.50 bits per heavy atom. The molecule has 5 aromatic carbocycles. The maximum absolute atomic E-state index is 14.2. The molecular weight excluding hydrogens is 731 g/mol. The van der Waals surface area contributed by atoms with Gasteiger partial charge in [0.25, 0.3) is 0 Å². The fourth-order valence-corrected chi connectivity index (χ4v) is 12.9. The van der Waals surface area contributed by atoms with Crippen LogP contribution in [0.15, 0.2) is 119 Å². The SMILES string of the molecule is Cc1ccc(S(=O)(=O)Oc2ccc(S(=O)(=O)OI(c3ccc(C(C)(C)C)cc3)c3ccc(C(C)(C)C)cc3)c3ccccc23)cc1. The molecule has 0 N–H and O–H groups in total. The van der Waals surface area contributed by atoms with E-state index in [4.69, 9.17) is 6.70 Å². The van der Waals surface area contributed by atoms with Gasteiger partial charge in [-0.25, -0.2) is 0 Å². The predicted molar refractivity (Wildman–Crippen MR) is 193 cm³/mol. The molecule has 0 heterocycles. The van der Waals surface area contributed by atoms with Crippen molar-refractivity contribution in [3.05, 3.63) is 133 Å². The first-order chi connectivity index (χ1) is 21.5. The fraction of sp³-hybridized carbons (Fsp3) is 0.243. The molecule has 0 fully saturated rings. The molecule has 0 aliphatic carbocycles. The van der Waals surface area contributed by atoms with Gasteiger partial charge < -0.3 is 0 Å². The van der Waals surface area contributed by atoms with Crippen molar-refractivity contribution in [2.24, 2.45) is 0 Å². The van der Waals surface area contributed by atoms with Gasteiger partial charge in [0.1, 0.15) is 0 Å². The van der Waals surface area contributed by atoms with Gasteiger partial charge >= 0.3 is 276 Å². The van der Waals surface area contributed by atoms with Gasteiger partial charge in [0, 0.05) is 0 Å². The number of hydrogen-bond donors (Lipinski definition) is 0. The van der Waals surface area contributed by atoms with Crippen LogP contribution in [-0.2, 0) is 33.6 Å². The third-order valence-corrected chi connectivity index (χ3v) is 16.2. The zero-order valence-corrected chi connectivity index (χ0v) is 30.8. The van der Waals surface area contributed by atoms with Crippen molar-refractivity contribution in [1.82, 2.24) is 0 Å². The molecule has 6 nitrogen and oxygen atoms in total. The number of benzene rings is 5. The summed E-state index contributed by atoms with van der Waals surface area (Å²) in [4.78, 5) is -0.0464. The molecule has 0 unspecified atom stereocenters. The Hall–Kier alpha value is -3.25. The normalized spacial score (nSPS) is 13.1. The Labute approximate surface area is 281 Å². The monoisotopic (exact) mass is 770 g/mol. The Morgan fingerprint density at radius 2 is 1.02 bits per heavy atom. The van der Waals surface area contributed by atoms with Crippen LogP contribution in [0.1, 0.15) is 58.2 Å². The van der Waals surface area contributed by atoms with Gasteiger partial charge in [0.05, 0.1) is 0 Å². The van der Waals surface area contributed by atoms with Crippen LogP contribution in [0.25, 0.3) is 10.8 Å². The Kier molecular flexibility index (Phi) is 9.45. The molecule has 0 spiro atoms. The van der Waals surface area contributed by atoms with E-state index in [9.17, 15) is 16.8 Å². The van der Waals surface area contributed by atoms with E-state index in [2.05, 4.69) is 41.5 Å². The van der Waals surface area contributed by atoms with Gasteiger partial charge in [-0.05, 0) is 6.92 Å². The van der Waals surface area contributed by atoms with Crippen LogP contribution in [0.5, 0.6) is 5.75 Å². The summed E-state index contributed by atoms with van der Waals surface area (Å²) in [6.45, 7) is 14.7. The van der Waals surface area contributed by atoms with Gasteiger partial charge in [0.2, 0.25) is 0 Å². The van der Waals surface area contributed by atoms with Crippen molar-refractivity contribution >= 4 is 51.2 Å². The Morgan fingerprint density at radius 1 is 0.543 bits per heavy atom. The first-order valence-corrected chi connectivity index (χ1v) is 20.7. The summed E-state index contributed by atoms with van der Waals surface area (Å²) in [7, 11) is -8.47. The minimum atomic E-state index is -4.31. The van der Waals surface area contributed by atoms with Crippen molar-refractivity contribution < 1.29 is 23.5 Å². The standard InChI is InChI=1S/C37H39IO6S2/c1-26-12-22-31(23-13-26)45(39,40)43-34-24-25-35(33-11-9-8-10-32(33)34)46(41,42)44-38(29-18-14-27(15-19-29)36(2,3)4)30-20-16-28(17-21-30)37(5,6)7/h8-25H,1-7H3. The molecule has 0 saturated carbocycles. The van der Waals surface area contributed by atoms with E-state index in [0.717, 1.165) is 23.8 Å². The second kappa shape index (κ2) is 12.7. The average Bonchev–Trinajstić information content (AvgIpc) is 2.99. The van der Waals surface area contributed by atoms with Gasteiger partial charge in [-0.15, -0.1) is 0 Å². The summed E-state index contributed by atoms with van der Waals surface area (Å²) in [6, 6.07) is 31.8. The van der Waals surface area contributed by atoms with Gasteiger partial charge in [-0.1, -0.05) is 0 Å². The van der Waals surface area contributed by atoms with Crippen molar-refractivity contribution in [1.29, 1.82) is 0 Å². The van der Waals surface area contributed by atoms with E-state index >= 15 is 0 Å². The van der Waals surface area contributed by atoms with Crippen molar-refractivity contribution in [3.8, 4) is 5.75 Å². The second-order valence-electron chi connectivity index (χ2n) is 13.2. The number of halogens is 1. The third kappa shape index (κ3) is 7.48. The van der Waals surface area contributed by atoms with E-state index < -0.39 is 40.5 Å². The quantitative estimate of drug-likeness (QED) is 0.116. The Bertz CT molecular complexity index is 2020. The molecule has 5 aromatic rings. The molecule has 0 bridgehead atoms. The molecule has 0 saturated heterocycles. The minimum absolute atomic E-state index is 0.00628. The van der Waals surface area contributed by atoms with E-state index in [-0.39, 0.29) is 26.4 Å². The maximum atomic E-state index is 14.2. The van der Waals surface area contributed by atoms with E-state index in [1.54, 1.807) is 36.4 Å². The molecule has 0 atom stereocenters. The van der Waals surface area contributed by atoms with Crippen molar-refractivity contribution in [3.63, 3.8) is 0 Å². The summed E-state index contributed by atoms with van der Waals surface area (Å²) in [6.07, 6.45) is 0. The first-order valence-electron chi connectivity index (χ1n) is 14.8. The van der Waals surface area contributed by atoms with Crippen LogP contribution < -0.4 is 4.18 Å². The molecule has 5 rings (SSSR count). The third-order valence-electron chi connectivity index (χ3n) is 7.59. The molecule has 9 heteroatoms. The van der Waals surface area contributed by atoms with Crippen LogP contribution in [0.4, 0.5) is 0 Å². The molecular formula is C37H39IO6S2. The average molecular weight is 771 g/mol. The van der Waals surface area contributed by atoms with Crippen LogP contribution in [0.3, 0.4) is 0 Å². The van der Waals surface area contributed by atoms with Gasteiger partial charge in [0.15, 0.2) is 0 Å². The Balaban J connectivity index is 1.56. The zero-order chi connectivity index (χ0) is 33.5. The summed E-state index contributed by atoms with van der Waals surface area (Å²) in [5, 5.41) is 0.647. The topological polar surface area (TPSA) is 86.7 Å². The summed E-state index contributed by atoms with van der Waals surface area (Å²) >= 11 is -3.02. The molecule has 0 aliphatic rings. The van der Waals surface area contributed by atoms with E-state index in [1.165, 1.54) is 24.3 Å². The molecule has 0 aliphatic heterocycles. The fourth-order valence-electron chi connectivity index (χ4n) is 4.85. The van der Waals surface area contributed by atoms with Crippen molar-refractivity contribution in [2.75, 3.05) is 0 Å². The second-order valence-corrected chi connectivity index (χ2v) is 21.2. The molecule has 0 amide bonds. The number of rotatable bonds is 8. The number of fused-ring (bicyclic) bond motifs is 1. The summed E-state index contributed by atoms with van der Waals surface area (Å²) in [5.41, 5.74) is 3.07. The first kappa shape index (κ1) is 34.1. The number of aryl methyl sites for hydroxylation is 1. The summed E-state index contributed by atoms with van der Waals surface area (Å²) in [5.74, 6) is 0.0287. The molecule has 0 aromatic heterocycles. The van der Waals surface area contributed by atoms with Gasteiger partial charge in [-0.3, -0.25) is 0 Å². The van der Waals surface area contributed by atoms with Crippen LogP contribution in [0.2, 0.25) is 0 Å². The van der Waals surface area contributed by atoms with Crippen LogP contribution in [-0.4, -0.2) is 16.8 Å². The van der Waals surface area contributed by atoms with Crippen LogP contribution in [0, 0.1) is 14.1 Å². The van der Waals surface area contributed by atoms with Crippen molar-refractivity contribution in [2.45, 2.75) is 69.1 Å². The zero-order valence-electron chi connectivity index (χ0n) is 27.0. The van der Waals surface area contributed by atoms with E-state index in [1.807, 2.05) is 55.5 Å².